The van der Waals surface area contributed by atoms with Crippen molar-refractivity contribution < 1.29 is 9.90 Å². The molecule has 0 amide bonds. The number of carboxylic acid groups (broad SMARTS) is 1. The fourth-order valence-electron chi connectivity index (χ4n) is 1.88. The molecule has 0 spiro atoms. The fourth-order valence-corrected chi connectivity index (χ4v) is 3.33. The number of rotatable bonds is 3. The number of hydrogen-bond acceptors (Lipinski definition) is 7. The van der Waals surface area contributed by atoms with Gasteiger partial charge in [0.05, 0.1) is 24.2 Å². The highest BCUT2D eigenvalue weighted by Gasteiger charge is 2.34. The summed E-state index contributed by atoms with van der Waals surface area (Å²) >= 11 is 2.63. The number of amidine groups is 1. The van der Waals surface area contributed by atoms with Crippen LogP contribution in [0.25, 0.3) is 6.08 Å². The van der Waals surface area contributed by atoms with Gasteiger partial charge in [-0.3, -0.25) is 9.79 Å². The molecular weight excluding hydrogens is 272 g/mol. The molecule has 2 aliphatic rings. The van der Waals surface area contributed by atoms with Crippen LogP contribution in [-0.4, -0.2) is 36.8 Å². The van der Waals surface area contributed by atoms with Crippen LogP contribution in [-0.2, 0) is 4.79 Å². The molecule has 6 nitrogen and oxygen atoms in total. The Bertz CT molecular complexity index is 540. The molecule has 0 aromatic carbocycles. The number of fused-ring (bicyclic) bond motifs is 3. The number of nitrogens with zero attached hydrogens (tertiary/aromatic N) is 3. The summed E-state index contributed by atoms with van der Waals surface area (Å²) in [4.78, 5) is 15.0. The summed E-state index contributed by atoms with van der Waals surface area (Å²) in [5, 5.41) is 12.7. The van der Waals surface area contributed by atoms with Crippen molar-refractivity contribution >= 4 is 40.7 Å². The van der Waals surface area contributed by atoms with E-state index in [1.54, 1.807) is 0 Å². The van der Waals surface area contributed by atoms with E-state index in [9.17, 15) is 4.79 Å². The molecule has 2 N–H and O–H groups in total. The predicted molar refractivity (Wildman–Crippen MR) is 70.8 cm³/mol. The molecule has 18 heavy (non-hydrogen) atoms. The lowest BCUT2D eigenvalue weighted by molar-refractivity contribution is -0.136. The van der Waals surface area contributed by atoms with Crippen molar-refractivity contribution in [2.75, 3.05) is 5.75 Å². The van der Waals surface area contributed by atoms with Gasteiger partial charge in [0.25, 0.3) is 0 Å². The Balaban J connectivity index is 1.70. The van der Waals surface area contributed by atoms with E-state index in [-0.39, 0.29) is 18.5 Å². The monoisotopic (exact) mass is 282 g/mol. The van der Waals surface area contributed by atoms with Crippen LogP contribution >= 0.6 is 23.5 Å². The third-order valence-electron chi connectivity index (χ3n) is 2.72. The van der Waals surface area contributed by atoms with Crippen molar-refractivity contribution in [1.82, 2.24) is 14.1 Å². The van der Waals surface area contributed by atoms with Gasteiger partial charge in [-0.2, -0.15) is 8.75 Å². The molecule has 0 fully saturated rings. The Kier molecular flexibility index (Phi) is 3.04. The van der Waals surface area contributed by atoms with E-state index in [2.05, 4.69) is 19.1 Å². The highest BCUT2D eigenvalue weighted by molar-refractivity contribution is 8.13. The summed E-state index contributed by atoms with van der Waals surface area (Å²) in [7, 11) is 0. The summed E-state index contributed by atoms with van der Waals surface area (Å²) in [5.41, 5.74) is 1.80. The van der Waals surface area contributed by atoms with Crippen molar-refractivity contribution in [3.63, 3.8) is 0 Å². The van der Waals surface area contributed by atoms with Crippen molar-refractivity contribution in [2.45, 2.75) is 18.5 Å². The Morgan fingerprint density at radius 1 is 1.56 bits per heavy atom. The highest BCUT2D eigenvalue weighted by Crippen LogP contribution is 2.34. The molecule has 0 unspecified atom stereocenters. The Labute approximate surface area is 112 Å². The predicted octanol–water partition coefficient (Wildman–Crippen LogP) is 1.14. The first-order valence-electron chi connectivity index (χ1n) is 5.43. The van der Waals surface area contributed by atoms with Crippen molar-refractivity contribution in [2.24, 2.45) is 4.99 Å². The van der Waals surface area contributed by atoms with Gasteiger partial charge in [0.15, 0.2) is 5.17 Å². The first kappa shape index (κ1) is 11.7. The molecule has 0 saturated carbocycles. The van der Waals surface area contributed by atoms with Gasteiger partial charge >= 0.3 is 5.97 Å². The topological polar surface area (TPSA) is 87.5 Å². The van der Waals surface area contributed by atoms with E-state index in [1.807, 2.05) is 12.2 Å². The molecule has 0 saturated heterocycles. The first-order valence-corrected chi connectivity index (χ1v) is 7.15. The van der Waals surface area contributed by atoms with Crippen LogP contribution in [0.2, 0.25) is 0 Å². The second-order valence-electron chi connectivity index (χ2n) is 3.94. The van der Waals surface area contributed by atoms with Gasteiger partial charge in [0, 0.05) is 5.75 Å². The summed E-state index contributed by atoms with van der Waals surface area (Å²) < 4.78 is 8.46. The zero-order chi connectivity index (χ0) is 12.5. The highest BCUT2D eigenvalue weighted by atomic mass is 32.2. The molecule has 0 radical (unpaired) electrons. The van der Waals surface area contributed by atoms with Gasteiger partial charge in [-0.25, -0.2) is 0 Å². The smallest absolute Gasteiger partial charge is 0.304 e. The third-order valence-corrected chi connectivity index (χ3v) is 4.19. The summed E-state index contributed by atoms with van der Waals surface area (Å²) in [6.07, 6.45) is 4.12. The van der Waals surface area contributed by atoms with E-state index in [1.165, 1.54) is 23.5 Å². The average Bonchev–Trinajstić information content (AvgIpc) is 2.92. The van der Waals surface area contributed by atoms with E-state index in [0.29, 0.717) is 5.75 Å². The number of aliphatic imine (C=N–C) groups is 1. The van der Waals surface area contributed by atoms with Gasteiger partial charge in [0.1, 0.15) is 17.4 Å². The van der Waals surface area contributed by atoms with E-state index in [4.69, 9.17) is 5.11 Å². The summed E-state index contributed by atoms with van der Waals surface area (Å²) in [6.45, 7) is 0. The van der Waals surface area contributed by atoms with Crippen LogP contribution in [0.3, 0.4) is 0 Å². The number of nitrogens with one attached hydrogen (secondary N) is 1. The first-order chi connectivity index (χ1) is 8.74. The van der Waals surface area contributed by atoms with Gasteiger partial charge in [-0.05, 0) is 6.08 Å². The standard InChI is InChI=1S/C10H10N4O2S2/c15-7(16)3-4-17-10-11-5-1-2-6-9(8(5)12-10)14-18-13-6/h1-2,5,8H,3-4H2,(H,11,12)(H,15,16)/t5-,8+/m1/s1. The third kappa shape index (κ3) is 2.13. The normalized spacial score (nSPS) is 24.1. The van der Waals surface area contributed by atoms with E-state index >= 15 is 0 Å². The van der Waals surface area contributed by atoms with Gasteiger partial charge < -0.3 is 10.4 Å². The van der Waals surface area contributed by atoms with Crippen LogP contribution in [0.5, 0.6) is 0 Å². The minimum Gasteiger partial charge on any atom is -0.481 e. The number of carbonyl (C=O) groups is 1. The van der Waals surface area contributed by atoms with Crippen LogP contribution < -0.4 is 5.32 Å². The SMILES string of the molecule is O=C(O)CCSC1=N[C@@H]2c3nsnc3C=C[C@H]2N1. The molecule has 0 bridgehead atoms. The molecule has 94 valence electrons. The fraction of sp³-hybridized carbons (Fsp3) is 0.400. The molecule has 1 aliphatic carbocycles. The second kappa shape index (κ2) is 4.69. The molecule has 1 aromatic heterocycles. The number of aromatic nitrogens is 2. The lowest BCUT2D eigenvalue weighted by Gasteiger charge is -2.16. The van der Waals surface area contributed by atoms with Crippen LogP contribution in [0.15, 0.2) is 11.1 Å². The van der Waals surface area contributed by atoms with Gasteiger partial charge in [-0.1, -0.05) is 17.8 Å². The van der Waals surface area contributed by atoms with Gasteiger partial charge in [-0.15, -0.1) is 0 Å². The quantitative estimate of drug-likeness (QED) is 0.864. The lowest BCUT2D eigenvalue weighted by Crippen LogP contribution is -2.30. The molecule has 1 aromatic rings. The van der Waals surface area contributed by atoms with Crippen molar-refractivity contribution in [1.29, 1.82) is 0 Å². The summed E-state index contributed by atoms with van der Waals surface area (Å²) in [5.74, 6) is -0.267. The van der Waals surface area contributed by atoms with Crippen LogP contribution in [0.1, 0.15) is 23.9 Å². The van der Waals surface area contributed by atoms with Crippen molar-refractivity contribution in [3.05, 3.63) is 17.5 Å². The number of hydrogen-bond donors (Lipinski definition) is 2. The molecule has 1 aliphatic heterocycles. The van der Waals surface area contributed by atoms with Crippen LogP contribution in [0.4, 0.5) is 0 Å². The minimum absolute atomic E-state index is 0.0175. The maximum absolute atomic E-state index is 10.5. The Hall–Kier alpha value is -1.41. The number of aliphatic carboxylic acids is 1. The molecular formula is C10H10N4O2S2. The number of carboxylic acids is 1. The molecule has 2 atom stereocenters. The zero-order valence-electron chi connectivity index (χ0n) is 9.24. The molecule has 2 heterocycles. The lowest BCUT2D eigenvalue weighted by atomic mass is 9.99. The largest absolute Gasteiger partial charge is 0.481 e. The minimum atomic E-state index is -0.788. The Morgan fingerprint density at radius 3 is 3.28 bits per heavy atom. The second-order valence-corrected chi connectivity index (χ2v) is 5.55. The summed E-state index contributed by atoms with van der Waals surface area (Å²) in [6, 6.07) is 0.102. The Morgan fingerprint density at radius 2 is 2.44 bits per heavy atom. The molecule has 8 heteroatoms. The van der Waals surface area contributed by atoms with Gasteiger partial charge in [0.2, 0.25) is 0 Å². The average molecular weight is 282 g/mol. The zero-order valence-corrected chi connectivity index (χ0v) is 10.9. The van der Waals surface area contributed by atoms with E-state index < -0.39 is 5.97 Å². The van der Waals surface area contributed by atoms with Crippen LogP contribution in [0, 0.1) is 0 Å². The molecule has 3 rings (SSSR count). The van der Waals surface area contributed by atoms with Crippen molar-refractivity contribution in [3.8, 4) is 0 Å². The maximum Gasteiger partial charge on any atom is 0.304 e. The number of thioether (sulfide) groups is 1. The van der Waals surface area contributed by atoms with E-state index in [0.717, 1.165) is 16.6 Å². The maximum atomic E-state index is 10.5.